The fraction of sp³-hybridized carbons (Fsp3) is 0.308. The number of halogens is 3. The highest BCUT2D eigenvalue weighted by Gasteiger charge is 2.20. The molecule has 0 unspecified atom stereocenters. The molecular formula is C26H25BrClFN8. The van der Waals surface area contributed by atoms with E-state index in [1.165, 1.54) is 37.7 Å². The second-order valence-electron chi connectivity index (χ2n) is 9.16. The molecule has 1 aliphatic rings. The van der Waals surface area contributed by atoms with E-state index in [2.05, 4.69) is 59.9 Å². The molecule has 190 valence electrons. The van der Waals surface area contributed by atoms with E-state index in [9.17, 15) is 9.65 Å². The molecule has 0 saturated carbocycles. The first-order valence-electron chi connectivity index (χ1n) is 12.0. The molecule has 1 atom stereocenters. The lowest BCUT2D eigenvalue weighted by Gasteiger charge is -2.18. The van der Waals surface area contributed by atoms with Gasteiger partial charge in [-0.25, -0.2) is 4.39 Å². The first kappa shape index (κ1) is 25.4. The molecular weight excluding hydrogens is 559 g/mol. The summed E-state index contributed by atoms with van der Waals surface area (Å²) in [5.41, 5.74) is 3.81. The van der Waals surface area contributed by atoms with Gasteiger partial charge in [0.25, 0.3) is 0 Å². The Bertz CT molecular complexity index is 1480. The Kier molecular flexibility index (Phi) is 7.55. The quantitative estimate of drug-likeness (QED) is 0.259. The lowest BCUT2D eigenvalue weighted by molar-refractivity contribution is 0.282. The molecule has 1 fully saturated rings. The van der Waals surface area contributed by atoms with Crippen LogP contribution in [0.3, 0.4) is 0 Å². The highest BCUT2D eigenvalue weighted by atomic mass is 79.9. The number of nitrogens with zero attached hydrogens (tertiary/aromatic N) is 6. The third-order valence-electron chi connectivity index (χ3n) is 6.66. The minimum Gasteiger partial charge on any atom is -0.379 e. The van der Waals surface area contributed by atoms with Crippen LogP contribution in [0.1, 0.15) is 30.5 Å². The summed E-state index contributed by atoms with van der Waals surface area (Å²) in [4.78, 5) is 6.87. The number of aryl methyl sites for hydroxylation is 1. The van der Waals surface area contributed by atoms with Gasteiger partial charge in [-0.05, 0) is 79.1 Å². The van der Waals surface area contributed by atoms with Gasteiger partial charge in [0.1, 0.15) is 17.6 Å². The number of rotatable bonds is 8. The van der Waals surface area contributed by atoms with Gasteiger partial charge in [0.2, 0.25) is 0 Å². The molecule has 0 radical (unpaired) electrons. The van der Waals surface area contributed by atoms with Crippen LogP contribution >= 0.6 is 27.5 Å². The molecule has 5 rings (SSSR count). The molecule has 37 heavy (non-hydrogen) atoms. The minimum atomic E-state index is -0.510. The van der Waals surface area contributed by atoms with Gasteiger partial charge in [0.05, 0.1) is 34.5 Å². The van der Waals surface area contributed by atoms with Crippen molar-refractivity contribution >= 4 is 55.5 Å². The van der Waals surface area contributed by atoms with Crippen LogP contribution in [0.15, 0.2) is 47.2 Å². The van der Waals surface area contributed by atoms with E-state index in [4.69, 9.17) is 11.6 Å². The molecule has 2 aromatic carbocycles. The van der Waals surface area contributed by atoms with E-state index in [0.29, 0.717) is 35.0 Å². The Hall–Kier alpha value is -3.26. The average Bonchev–Trinajstić information content (AvgIpc) is 3.52. The minimum absolute atomic E-state index is 0.00582. The van der Waals surface area contributed by atoms with Crippen LogP contribution in [-0.4, -0.2) is 44.5 Å². The Morgan fingerprint density at radius 3 is 2.89 bits per heavy atom. The number of nitrogens with one attached hydrogen (secondary N) is 2. The lowest BCUT2D eigenvalue weighted by Crippen LogP contribution is -2.26. The summed E-state index contributed by atoms with van der Waals surface area (Å²) >= 11 is 9.56. The SMILES string of the molecule is CN1CCC[C@@H]1CCn1cc(CNc2cc(Br)c3ncc(C#N)c(Nc4ccc(F)c(Cl)c4)c3c2)nn1. The van der Waals surface area contributed by atoms with Gasteiger partial charge in [-0.2, -0.15) is 5.26 Å². The maximum absolute atomic E-state index is 13.6. The Morgan fingerprint density at radius 2 is 2.14 bits per heavy atom. The fourth-order valence-corrected chi connectivity index (χ4v) is 5.39. The summed E-state index contributed by atoms with van der Waals surface area (Å²) < 4.78 is 16.3. The Balaban J connectivity index is 1.35. The number of nitriles is 1. The number of benzene rings is 2. The van der Waals surface area contributed by atoms with Gasteiger partial charge >= 0.3 is 0 Å². The number of anilines is 3. The zero-order valence-corrected chi connectivity index (χ0v) is 22.5. The summed E-state index contributed by atoms with van der Waals surface area (Å²) in [6.07, 6.45) is 7.04. The standard InChI is InChI=1S/C26H25BrClFN8/c1-36-7-2-3-20(36)6-8-37-15-19(34-35-37)14-31-18-9-21-25(33-17-4-5-24(29)23(28)11-17)16(12-30)13-32-26(21)22(27)10-18/h4-5,9-11,13,15,20,31H,2-3,6-8,14H2,1H3,(H,32,33)/t20-/m1/s1. The van der Waals surface area contributed by atoms with Crippen molar-refractivity contribution in [3.63, 3.8) is 0 Å². The largest absolute Gasteiger partial charge is 0.379 e. The van der Waals surface area contributed by atoms with E-state index >= 15 is 0 Å². The second-order valence-corrected chi connectivity index (χ2v) is 10.4. The van der Waals surface area contributed by atoms with E-state index in [-0.39, 0.29) is 5.02 Å². The van der Waals surface area contributed by atoms with Crippen molar-refractivity contribution in [2.45, 2.75) is 38.4 Å². The number of hydrogen-bond acceptors (Lipinski definition) is 7. The van der Waals surface area contributed by atoms with Gasteiger partial charge in [-0.3, -0.25) is 9.67 Å². The predicted octanol–water partition coefficient (Wildman–Crippen LogP) is 6.09. The van der Waals surface area contributed by atoms with E-state index in [1.54, 1.807) is 6.07 Å². The molecule has 1 saturated heterocycles. The molecule has 11 heteroatoms. The van der Waals surface area contributed by atoms with Gasteiger partial charge in [-0.1, -0.05) is 16.8 Å². The third kappa shape index (κ3) is 5.69. The van der Waals surface area contributed by atoms with E-state index in [1.807, 2.05) is 23.0 Å². The summed E-state index contributed by atoms with van der Waals surface area (Å²) in [5.74, 6) is -0.510. The Morgan fingerprint density at radius 1 is 1.27 bits per heavy atom. The highest BCUT2D eigenvalue weighted by molar-refractivity contribution is 9.10. The molecule has 1 aliphatic heterocycles. The van der Waals surface area contributed by atoms with Crippen LogP contribution in [0.2, 0.25) is 5.02 Å². The van der Waals surface area contributed by atoms with Gasteiger partial charge < -0.3 is 15.5 Å². The number of aromatic nitrogens is 4. The van der Waals surface area contributed by atoms with Gasteiger partial charge in [0, 0.05) is 40.0 Å². The molecule has 0 bridgehead atoms. The van der Waals surface area contributed by atoms with E-state index < -0.39 is 5.82 Å². The number of hydrogen-bond donors (Lipinski definition) is 2. The van der Waals surface area contributed by atoms with Crippen molar-refractivity contribution in [2.24, 2.45) is 0 Å². The number of pyridine rings is 1. The summed E-state index contributed by atoms with van der Waals surface area (Å²) in [6.45, 7) is 2.50. The molecule has 2 aromatic heterocycles. The van der Waals surface area contributed by atoms with Crippen LogP contribution < -0.4 is 10.6 Å². The summed E-state index contributed by atoms with van der Waals surface area (Å²) in [5, 5.41) is 25.6. The second kappa shape index (κ2) is 11.0. The molecule has 0 amide bonds. The number of likely N-dealkylation sites (tertiary alicyclic amines) is 1. The Labute approximate surface area is 227 Å². The maximum Gasteiger partial charge on any atom is 0.141 e. The normalized spacial score (nSPS) is 15.7. The first-order valence-corrected chi connectivity index (χ1v) is 13.2. The molecule has 4 aromatic rings. The molecule has 0 spiro atoms. The van der Waals surface area contributed by atoms with E-state index in [0.717, 1.165) is 34.2 Å². The zero-order chi connectivity index (χ0) is 25.9. The van der Waals surface area contributed by atoms with Gasteiger partial charge in [0.15, 0.2) is 0 Å². The average molecular weight is 584 g/mol. The molecule has 2 N–H and O–H groups in total. The highest BCUT2D eigenvalue weighted by Crippen LogP contribution is 2.35. The van der Waals surface area contributed by atoms with Gasteiger partial charge in [-0.15, -0.1) is 5.10 Å². The number of fused-ring (bicyclic) bond motifs is 1. The van der Waals surface area contributed by atoms with Crippen LogP contribution in [0.4, 0.5) is 21.5 Å². The van der Waals surface area contributed by atoms with Crippen molar-refractivity contribution in [3.05, 3.63) is 69.3 Å². The van der Waals surface area contributed by atoms with Crippen molar-refractivity contribution < 1.29 is 4.39 Å². The molecule has 0 aliphatic carbocycles. The van der Waals surface area contributed by atoms with Crippen molar-refractivity contribution in [1.82, 2.24) is 24.9 Å². The van der Waals surface area contributed by atoms with Crippen molar-refractivity contribution in [2.75, 3.05) is 24.2 Å². The molecule has 8 nitrogen and oxygen atoms in total. The van der Waals surface area contributed by atoms with Crippen molar-refractivity contribution in [3.8, 4) is 6.07 Å². The summed E-state index contributed by atoms with van der Waals surface area (Å²) in [7, 11) is 2.18. The van der Waals surface area contributed by atoms with Crippen molar-refractivity contribution in [1.29, 1.82) is 5.26 Å². The van der Waals surface area contributed by atoms with Crippen LogP contribution in [0.25, 0.3) is 10.9 Å². The summed E-state index contributed by atoms with van der Waals surface area (Å²) in [6, 6.07) is 11.0. The van der Waals surface area contributed by atoms with Crippen LogP contribution in [0, 0.1) is 17.1 Å². The smallest absolute Gasteiger partial charge is 0.141 e. The maximum atomic E-state index is 13.6. The fourth-order valence-electron chi connectivity index (χ4n) is 4.65. The lowest BCUT2D eigenvalue weighted by atomic mass is 10.1. The monoisotopic (exact) mass is 582 g/mol. The third-order valence-corrected chi connectivity index (χ3v) is 7.55. The van der Waals surface area contributed by atoms with Crippen LogP contribution in [-0.2, 0) is 13.1 Å². The van der Waals surface area contributed by atoms with Crippen LogP contribution in [0.5, 0.6) is 0 Å². The topological polar surface area (TPSA) is 94.7 Å². The zero-order valence-electron chi connectivity index (χ0n) is 20.2. The first-order chi connectivity index (χ1) is 17.9. The predicted molar refractivity (Wildman–Crippen MR) is 146 cm³/mol. The molecule has 3 heterocycles.